The van der Waals surface area contributed by atoms with E-state index in [1.807, 2.05) is 54.7 Å². The van der Waals surface area contributed by atoms with Gasteiger partial charge in [0.25, 0.3) is 11.8 Å². The predicted octanol–water partition coefficient (Wildman–Crippen LogP) is 6.80. The lowest BCUT2D eigenvalue weighted by Gasteiger charge is -2.56. The number of anilines is 2. The molecule has 0 saturated heterocycles. The van der Waals surface area contributed by atoms with Crippen LogP contribution in [0, 0.1) is 30.1 Å². The van der Waals surface area contributed by atoms with Gasteiger partial charge in [-0.05, 0) is 116 Å². The van der Waals surface area contributed by atoms with Crippen LogP contribution in [0.1, 0.15) is 76.2 Å². The molecule has 12 heteroatoms. The zero-order chi connectivity index (χ0) is 36.3. The summed E-state index contributed by atoms with van der Waals surface area (Å²) in [5.41, 5.74) is 6.51. The van der Waals surface area contributed by atoms with E-state index < -0.39 is 11.9 Å². The van der Waals surface area contributed by atoms with Crippen LogP contribution in [0.3, 0.4) is 0 Å². The molecule has 0 unspecified atom stereocenters. The largest absolute Gasteiger partial charge is 0.468 e. The molecule has 3 aromatic heterocycles. The zero-order valence-electron chi connectivity index (χ0n) is 30.1. The second kappa shape index (κ2) is 13.4. The van der Waals surface area contributed by atoms with Gasteiger partial charge in [-0.1, -0.05) is 35.6 Å². The monoisotopic (exact) mass is 729 g/mol. The third kappa shape index (κ3) is 6.36. The molecule has 5 aromatic rings. The molecular formula is C41H43N7O4S. The summed E-state index contributed by atoms with van der Waals surface area (Å²) in [5, 5.41) is 11.2. The lowest BCUT2D eigenvalue weighted by molar-refractivity contribution is -0.139. The summed E-state index contributed by atoms with van der Waals surface area (Å²) in [7, 11) is 1.29. The molecule has 0 atom stereocenters. The summed E-state index contributed by atoms with van der Waals surface area (Å²) in [6.45, 7) is 3.81. The second-order valence-corrected chi connectivity index (χ2v) is 16.6. The first-order valence-electron chi connectivity index (χ1n) is 18.7. The van der Waals surface area contributed by atoms with Crippen LogP contribution in [-0.2, 0) is 29.0 Å². The van der Waals surface area contributed by atoms with Gasteiger partial charge in [-0.25, -0.2) is 9.97 Å². The molecule has 0 spiro atoms. The van der Waals surface area contributed by atoms with Gasteiger partial charge in [0.15, 0.2) is 5.13 Å². The molecule has 4 bridgehead atoms. The van der Waals surface area contributed by atoms with E-state index in [1.54, 1.807) is 0 Å². The van der Waals surface area contributed by atoms with Gasteiger partial charge in [-0.15, -0.1) is 0 Å². The summed E-state index contributed by atoms with van der Waals surface area (Å²) in [5.74, 6) is 1.95. The van der Waals surface area contributed by atoms with Crippen molar-refractivity contribution in [1.82, 2.24) is 25.1 Å². The maximum Gasteiger partial charge on any atom is 0.325 e. The van der Waals surface area contributed by atoms with Gasteiger partial charge in [-0.3, -0.25) is 24.4 Å². The highest BCUT2D eigenvalue weighted by Gasteiger charge is 2.51. The number of hydrogen-bond donors (Lipinski definition) is 2. The van der Waals surface area contributed by atoms with Gasteiger partial charge in [0.2, 0.25) is 0 Å². The van der Waals surface area contributed by atoms with Crippen LogP contribution in [-0.4, -0.2) is 57.7 Å². The van der Waals surface area contributed by atoms with Crippen LogP contribution >= 0.6 is 11.3 Å². The van der Waals surface area contributed by atoms with Crippen LogP contribution in [0.15, 0.2) is 60.8 Å². The minimum atomic E-state index is -0.542. The van der Waals surface area contributed by atoms with E-state index in [2.05, 4.69) is 38.2 Å². The van der Waals surface area contributed by atoms with Crippen molar-refractivity contribution in [2.45, 2.75) is 65.0 Å². The number of methoxy groups -OCH3 is 1. The Labute approximate surface area is 312 Å². The van der Waals surface area contributed by atoms with Crippen molar-refractivity contribution in [3.05, 3.63) is 88.9 Å². The highest BCUT2D eigenvalue weighted by molar-refractivity contribution is 7.22. The molecule has 4 saturated carbocycles. The number of carbonyl (C=O) groups excluding carboxylic acids is 3. The van der Waals surface area contributed by atoms with E-state index in [0.29, 0.717) is 47.0 Å². The Morgan fingerprint density at radius 1 is 0.925 bits per heavy atom. The SMILES string of the molecule is COC(=O)CNC(=O)c1nc(N2CCc3cccc(C(=O)Nc4nc5ccccc5s4)c3C2)ccc1-c1cnn(CC23CC4CC(CC(C4)C2)C3)c1C. The van der Waals surface area contributed by atoms with Crippen molar-refractivity contribution in [1.29, 1.82) is 0 Å². The number of hydrogen-bond acceptors (Lipinski definition) is 9. The van der Waals surface area contributed by atoms with Gasteiger partial charge >= 0.3 is 5.97 Å². The van der Waals surface area contributed by atoms with Crippen molar-refractivity contribution < 1.29 is 19.1 Å². The van der Waals surface area contributed by atoms with E-state index in [4.69, 9.17) is 14.8 Å². The molecule has 2 aromatic carbocycles. The van der Waals surface area contributed by atoms with E-state index in [1.165, 1.54) is 57.0 Å². The molecule has 11 nitrogen and oxygen atoms in total. The predicted molar refractivity (Wildman–Crippen MR) is 204 cm³/mol. The van der Waals surface area contributed by atoms with Crippen molar-refractivity contribution in [2.75, 3.05) is 30.4 Å². The number of rotatable bonds is 9. The number of nitrogens with zero attached hydrogens (tertiary/aromatic N) is 5. The first-order chi connectivity index (χ1) is 25.7. The average Bonchev–Trinajstić information content (AvgIpc) is 3.73. The standard InChI is InChI=1S/C41H43N7O4S/c1-24-31(20-43-48(24)23-41-17-25-14-26(18-41)16-27(15-25)19-41)29-10-11-35(45-37(29)39(51)42-21-36(49)52-2)47-13-12-28-6-5-7-30(32(28)22-47)38(50)46-40-44-33-8-3-4-9-34(33)53-40/h3-11,20,25-27H,12-19,21-23H2,1-2H3,(H,42,51)(H,44,46,50). The molecule has 4 heterocycles. The summed E-state index contributed by atoms with van der Waals surface area (Å²) >= 11 is 1.45. The first kappa shape index (κ1) is 33.7. The molecule has 4 aliphatic carbocycles. The lowest BCUT2D eigenvalue weighted by Crippen LogP contribution is -2.48. The van der Waals surface area contributed by atoms with Crippen LogP contribution < -0.4 is 15.5 Å². The van der Waals surface area contributed by atoms with Gasteiger partial charge < -0.3 is 15.0 Å². The van der Waals surface area contributed by atoms with Gasteiger partial charge in [0, 0.05) is 42.0 Å². The number of thiazole rings is 1. The van der Waals surface area contributed by atoms with Crippen molar-refractivity contribution in [3.63, 3.8) is 0 Å². The van der Waals surface area contributed by atoms with E-state index in [9.17, 15) is 14.4 Å². The Morgan fingerprint density at radius 3 is 2.45 bits per heavy atom. The molecule has 2 N–H and O–H groups in total. The van der Waals surface area contributed by atoms with Gasteiger partial charge in [-0.2, -0.15) is 5.10 Å². The maximum atomic E-state index is 13.8. The molecule has 10 rings (SSSR count). The molecule has 5 aliphatic rings. The van der Waals surface area contributed by atoms with Gasteiger partial charge in [0.1, 0.15) is 18.1 Å². The number of fused-ring (bicyclic) bond motifs is 2. The molecular weight excluding hydrogens is 687 g/mol. The highest BCUT2D eigenvalue weighted by Crippen LogP contribution is 2.60. The Kier molecular flexibility index (Phi) is 8.52. The Hall–Kier alpha value is -5.10. The molecule has 53 heavy (non-hydrogen) atoms. The maximum absolute atomic E-state index is 13.8. The lowest BCUT2D eigenvalue weighted by atomic mass is 9.49. The normalized spacial score (nSPS) is 22.8. The number of benzene rings is 2. The number of amides is 2. The minimum absolute atomic E-state index is 0.213. The van der Waals surface area contributed by atoms with Crippen LogP contribution in [0.25, 0.3) is 21.3 Å². The fourth-order valence-electron chi connectivity index (χ4n) is 10.1. The topological polar surface area (TPSA) is 131 Å². The molecule has 4 fully saturated rings. The molecule has 2 amide bonds. The average molecular weight is 730 g/mol. The first-order valence-corrected chi connectivity index (χ1v) is 19.5. The quantitative estimate of drug-likeness (QED) is 0.159. The summed E-state index contributed by atoms with van der Waals surface area (Å²) in [6.07, 6.45) is 10.6. The number of carbonyl (C=O) groups is 3. The Morgan fingerprint density at radius 2 is 1.70 bits per heavy atom. The summed E-state index contributed by atoms with van der Waals surface area (Å²) < 4.78 is 7.95. The van der Waals surface area contributed by atoms with Crippen LogP contribution in [0.2, 0.25) is 0 Å². The van der Waals surface area contributed by atoms with Crippen LogP contribution in [0.4, 0.5) is 10.9 Å². The zero-order valence-corrected chi connectivity index (χ0v) is 30.9. The molecule has 0 radical (unpaired) electrons. The van der Waals surface area contributed by atoms with E-state index >= 15 is 0 Å². The van der Waals surface area contributed by atoms with Crippen molar-refractivity contribution in [3.8, 4) is 11.1 Å². The van der Waals surface area contributed by atoms with Gasteiger partial charge in [0.05, 0.1) is 23.5 Å². The number of nitrogens with one attached hydrogen (secondary N) is 2. The number of pyridine rings is 1. The van der Waals surface area contributed by atoms with Crippen molar-refractivity contribution >= 4 is 50.3 Å². The van der Waals surface area contributed by atoms with Crippen LogP contribution in [0.5, 0.6) is 0 Å². The Balaban J connectivity index is 1.00. The number of esters is 1. The highest BCUT2D eigenvalue weighted by atomic mass is 32.1. The third-order valence-electron chi connectivity index (χ3n) is 12.1. The number of para-hydroxylation sites is 1. The van der Waals surface area contributed by atoms with E-state index in [-0.39, 0.29) is 18.1 Å². The molecule has 1 aliphatic heterocycles. The molecule has 272 valence electrons. The minimum Gasteiger partial charge on any atom is -0.468 e. The van der Waals surface area contributed by atoms with E-state index in [0.717, 1.165) is 56.9 Å². The smallest absolute Gasteiger partial charge is 0.325 e. The number of aromatic nitrogens is 4. The fourth-order valence-corrected chi connectivity index (χ4v) is 10.9. The summed E-state index contributed by atoms with van der Waals surface area (Å²) in [6, 6.07) is 17.5. The van der Waals surface area contributed by atoms with Crippen molar-refractivity contribution in [2.24, 2.45) is 23.2 Å². The summed E-state index contributed by atoms with van der Waals surface area (Å²) in [4.78, 5) is 51.1. The number of ether oxygens (including phenoxy) is 1. The fraction of sp³-hybridized carbons (Fsp3) is 0.415. The second-order valence-electron chi connectivity index (χ2n) is 15.6. The Bertz CT molecular complexity index is 2190. The third-order valence-corrected chi connectivity index (χ3v) is 13.1.